The molecule has 154 valence electrons. The molecule has 0 radical (unpaired) electrons. The van der Waals surface area contributed by atoms with Gasteiger partial charge in [-0.05, 0) is 46.3 Å². The summed E-state index contributed by atoms with van der Waals surface area (Å²) < 4.78 is 18.5. The monoisotopic (exact) mass is 470 g/mol. The number of ether oxygens (including phenoxy) is 3. The van der Waals surface area contributed by atoms with E-state index in [1.807, 2.05) is 28.8 Å². The molecule has 30 heavy (non-hydrogen) atoms. The Bertz CT molecular complexity index is 1230. The highest BCUT2D eigenvalue weighted by Gasteiger charge is 2.17. The molecular weight excluding hydrogens is 452 g/mol. The molecule has 0 spiro atoms. The minimum absolute atomic E-state index is 0.0591. The molecule has 0 atom stereocenters. The van der Waals surface area contributed by atoms with Crippen LogP contribution in [0.1, 0.15) is 0 Å². The zero-order valence-corrected chi connectivity index (χ0v) is 18.1. The van der Waals surface area contributed by atoms with E-state index in [0.29, 0.717) is 39.0 Å². The fraction of sp³-hybridized carbons (Fsp3) is 0.143. The van der Waals surface area contributed by atoms with Crippen molar-refractivity contribution >= 4 is 33.1 Å². The summed E-state index contributed by atoms with van der Waals surface area (Å²) in [4.78, 5) is 8.99. The number of nitrogens with one attached hydrogen (secondary N) is 1. The van der Waals surface area contributed by atoms with E-state index in [4.69, 9.17) is 19.2 Å². The second-order valence-electron chi connectivity index (χ2n) is 6.33. The molecule has 4 aromatic rings. The summed E-state index contributed by atoms with van der Waals surface area (Å²) >= 11 is 3.41. The number of methoxy groups -OCH3 is 3. The molecule has 0 bridgehead atoms. The number of phenols is 1. The van der Waals surface area contributed by atoms with Gasteiger partial charge < -0.3 is 24.6 Å². The van der Waals surface area contributed by atoms with Crippen molar-refractivity contribution in [1.82, 2.24) is 14.4 Å². The van der Waals surface area contributed by atoms with E-state index >= 15 is 0 Å². The van der Waals surface area contributed by atoms with Crippen molar-refractivity contribution in [2.24, 2.45) is 0 Å². The van der Waals surface area contributed by atoms with E-state index in [0.717, 1.165) is 11.3 Å². The molecular formula is C21H19BrN4O4. The van der Waals surface area contributed by atoms with Gasteiger partial charge in [0, 0.05) is 23.5 Å². The van der Waals surface area contributed by atoms with E-state index < -0.39 is 0 Å². The van der Waals surface area contributed by atoms with E-state index in [9.17, 15) is 5.11 Å². The van der Waals surface area contributed by atoms with Crippen LogP contribution in [-0.2, 0) is 0 Å². The number of benzene rings is 2. The number of hydrogen-bond donors (Lipinski definition) is 2. The van der Waals surface area contributed by atoms with E-state index in [-0.39, 0.29) is 5.75 Å². The molecule has 8 nitrogen and oxygen atoms in total. The van der Waals surface area contributed by atoms with Crippen molar-refractivity contribution in [2.45, 2.75) is 0 Å². The van der Waals surface area contributed by atoms with Crippen LogP contribution in [0.15, 0.2) is 53.4 Å². The predicted molar refractivity (Wildman–Crippen MR) is 117 cm³/mol. The molecule has 0 aliphatic heterocycles. The Morgan fingerprint density at radius 3 is 2.47 bits per heavy atom. The second-order valence-corrected chi connectivity index (χ2v) is 7.14. The Kier molecular flexibility index (Phi) is 5.37. The molecule has 0 fully saturated rings. The van der Waals surface area contributed by atoms with Gasteiger partial charge in [0.1, 0.15) is 16.1 Å². The zero-order valence-electron chi connectivity index (χ0n) is 16.5. The van der Waals surface area contributed by atoms with Crippen molar-refractivity contribution in [2.75, 3.05) is 26.6 Å². The topological polar surface area (TPSA) is 90.1 Å². The number of aromatic hydroxyl groups is 1. The summed E-state index contributed by atoms with van der Waals surface area (Å²) in [5.74, 6) is 2.38. The Balaban J connectivity index is 1.87. The Morgan fingerprint density at radius 2 is 1.73 bits per heavy atom. The summed E-state index contributed by atoms with van der Waals surface area (Å²) in [6, 6.07) is 10.6. The van der Waals surface area contributed by atoms with Crippen LogP contribution in [0.2, 0.25) is 0 Å². The Labute approximate surface area is 181 Å². The number of aromatic nitrogens is 3. The standard InChI is InChI=1S/C21H19BrN4O4/c1-28-15-7-5-13(9-17(15)30-3)24-21-20(12-4-6-14(27)16(8-12)29-2)25-19-10-23-18(22)11-26(19)21/h4-11,24,27H,1-3H3. The fourth-order valence-electron chi connectivity index (χ4n) is 3.13. The number of imidazole rings is 1. The van der Waals surface area contributed by atoms with Gasteiger partial charge in [0.25, 0.3) is 0 Å². The van der Waals surface area contributed by atoms with Crippen LogP contribution in [0, 0.1) is 0 Å². The van der Waals surface area contributed by atoms with Crippen molar-refractivity contribution in [3.8, 4) is 34.3 Å². The van der Waals surface area contributed by atoms with E-state index in [1.54, 1.807) is 38.6 Å². The third kappa shape index (κ3) is 3.59. The number of anilines is 2. The Morgan fingerprint density at radius 1 is 0.967 bits per heavy atom. The lowest BCUT2D eigenvalue weighted by Gasteiger charge is -2.13. The zero-order chi connectivity index (χ0) is 21.3. The first kappa shape index (κ1) is 19.8. The van der Waals surface area contributed by atoms with Crippen LogP contribution in [0.4, 0.5) is 11.5 Å². The average molecular weight is 471 g/mol. The molecule has 9 heteroatoms. The molecule has 0 aliphatic rings. The molecule has 0 unspecified atom stereocenters. The number of phenolic OH excluding ortho intramolecular Hbond substituents is 1. The normalized spacial score (nSPS) is 10.8. The molecule has 2 aromatic carbocycles. The number of halogens is 1. The van der Waals surface area contributed by atoms with Gasteiger partial charge in [-0.2, -0.15) is 0 Å². The summed E-state index contributed by atoms with van der Waals surface area (Å²) in [6.45, 7) is 0. The van der Waals surface area contributed by atoms with Gasteiger partial charge in [0.05, 0.1) is 27.5 Å². The minimum Gasteiger partial charge on any atom is -0.504 e. The van der Waals surface area contributed by atoms with Gasteiger partial charge in [-0.3, -0.25) is 4.40 Å². The first-order valence-corrected chi connectivity index (χ1v) is 9.73. The third-order valence-electron chi connectivity index (χ3n) is 4.58. The molecule has 2 N–H and O–H groups in total. The Hall–Kier alpha value is -3.46. The van der Waals surface area contributed by atoms with Crippen LogP contribution in [0.25, 0.3) is 16.9 Å². The highest BCUT2D eigenvalue weighted by atomic mass is 79.9. The van der Waals surface area contributed by atoms with Crippen molar-refractivity contribution < 1.29 is 19.3 Å². The second kappa shape index (κ2) is 8.11. The van der Waals surface area contributed by atoms with Crippen molar-refractivity contribution in [3.63, 3.8) is 0 Å². The fourth-order valence-corrected chi connectivity index (χ4v) is 3.43. The molecule has 2 aromatic heterocycles. The molecule has 0 saturated carbocycles. The lowest BCUT2D eigenvalue weighted by Crippen LogP contribution is -1.99. The van der Waals surface area contributed by atoms with Gasteiger partial charge >= 0.3 is 0 Å². The van der Waals surface area contributed by atoms with Crippen molar-refractivity contribution in [3.05, 3.63) is 53.4 Å². The number of hydrogen-bond acceptors (Lipinski definition) is 7. The first-order chi connectivity index (χ1) is 14.5. The minimum atomic E-state index is 0.0591. The van der Waals surface area contributed by atoms with Crippen LogP contribution < -0.4 is 19.5 Å². The summed E-state index contributed by atoms with van der Waals surface area (Å²) in [5.41, 5.74) is 2.88. The smallest absolute Gasteiger partial charge is 0.162 e. The van der Waals surface area contributed by atoms with Gasteiger partial charge in [-0.15, -0.1) is 0 Å². The van der Waals surface area contributed by atoms with Crippen LogP contribution in [0.3, 0.4) is 0 Å². The average Bonchev–Trinajstić information content (AvgIpc) is 3.11. The first-order valence-electron chi connectivity index (χ1n) is 8.94. The number of fused-ring (bicyclic) bond motifs is 1. The van der Waals surface area contributed by atoms with Gasteiger partial charge in [0.15, 0.2) is 28.6 Å². The maximum atomic E-state index is 9.96. The van der Waals surface area contributed by atoms with Gasteiger partial charge in [-0.1, -0.05) is 0 Å². The van der Waals surface area contributed by atoms with Crippen molar-refractivity contribution in [1.29, 1.82) is 0 Å². The third-order valence-corrected chi connectivity index (χ3v) is 4.99. The number of rotatable bonds is 6. The highest BCUT2D eigenvalue weighted by molar-refractivity contribution is 9.10. The molecule has 0 amide bonds. The van der Waals surface area contributed by atoms with Crippen LogP contribution in [0.5, 0.6) is 23.0 Å². The predicted octanol–water partition coefficient (Wildman–Crippen LogP) is 4.63. The van der Waals surface area contributed by atoms with Gasteiger partial charge in [-0.25, -0.2) is 9.97 Å². The van der Waals surface area contributed by atoms with Crippen LogP contribution in [-0.4, -0.2) is 40.8 Å². The lowest BCUT2D eigenvalue weighted by atomic mass is 10.1. The highest BCUT2D eigenvalue weighted by Crippen LogP contribution is 2.37. The quantitative estimate of drug-likeness (QED) is 0.424. The van der Waals surface area contributed by atoms with Crippen LogP contribution >= 0.6 is 15.9 Å². The maximum Gasteiger partial charge on any atom is 0.162 e. The molecule has 2 heterocycles. The molecule has 0 aliphatic carbocycles. The summed E-state index contributed by atoms with van der Waals surface area (Å²) in [5, 5.41) is 13.4. The molecule has 4 rings (SSSR count). The summed E-state index contributed by atoms with van der Waals surface area (Å²) in [6.07, 6.45) is 3.50. The maximum absolute atomic E-state index is 9.96. The lowest BCUT2D eigenvalue weighted by molar-refractivity contribution is 0.355. The molecule has 0 saturated heterocycles. The van der Waals surface area contributed by atoms with Gasteiger partial charge in [0.2, 0.25) is 0 Å². The largest absolute Gasteiger partial charge is 0.504 e. The summed E-state index contributed by atoms with van der Waals surface area (Å²) in [7, 11) is 4.69. The number of nitrogens with zero attached hydrogens (tertiary/aromatic N) is 3. The SMILES string of the molecule is COc1cc(-c2nc3cnc(Br)cn3c2Nc2ccc(OC)c(OC)c2)ccc1O. The van der Waals surface area contributed by atoms with E-state index in [1.165, 1.54) is 7.11 Å². The van der Waals surface area contributed by atoms with E-state index in [2.05, 4.69) is 26.2 Å².